The molecule has 1 nitrogen and oxygen atoms in total. The second-order valence-electron chi connectivity index (χ2n) is 3.56. The highest BCUT2D eigenvalue weighted by Crippen LogP contribution is 2.22. The SMILES string of the molecule is C=C/C=C(OC(F)F)\C(=C/C)CC(C)C. The van der Waals surface area contributed by atoms with Crippen molar-refractivity contribution in [2.24, 2.45) is 5.92 Å². The van der Waals surface area contributed by atoms with Crippen LogP contribution in [0.15, 0.2) is 36.1 Å². The summed E-state index contributed by atoms with van der Waals surface area (Å²) in [6.45, 7) is 6.54. The van der Waals surface area contributed by atoms with Crippen LogP contribution in [0.25, 0.3) is 0 Å². The van der Waals surface area contributed by atoms with Gasteiger partial charge in [0.1, 0.15) is 5.76 Å². The fourth-order valence-corrected chi connectivity index (χ4v) is 1.23. The summed E-state index contributed by atoms with van der Waals surface area (Å²) in [5.74, 6) is 0.599. The van der Waals surface area contributed by atoms with Gasteiger partial charge in [-0.1, -0.05) is 32.6 Å². The summed E-state index contributed by atoms with van der Waals surface area (Å²) in [5, 5.41) is 0. The van der Waals surface area contributed by atoms with Crippen molar-refractivity contribution in [1.29, 1.82) is 0 Å². The summed E-state index contributed by atoms with van der Waals surface area (Å²) in [6.07, 6.45) is 5.41. The van der Waals surface area contributed by atoms with Crippen LogP contribution in [0.2, 0.25) is 0 Å². The Kier molecular flexibility index (Phi) is 6.67. The van der Waals surface area contributed by atoms with Gasteiger partial charge in [0.25, 0.3) is 0 Å². The molecule has 0 rings (SSSR count). The second kappa shape index (κ2) is 7.21. The lowest BCUT2D eigenvalue weighted by Gasteiger charge is -2.14. The van der Waals surface area contributed by atoms with Gasteiger partial charge in [0.15, 0.2) is 0 Å². The van der Waals surface area contributed by atoms with E-state index in [9.17, 15) is 8.78 Å². The highest BCUT2D eigenvalue weighted by atomic mass is 19.3. The van der Waals surface area contributed by atoms with Gasteiger partial charge in [-0.2, -0.15) is 8.78 Å². The first-order chi connectivity index (χ1) is 7.01. The molecular weight excluding hydrogens is 198 g/mol. The molecule has 0 fully saturated rings. The monoisotopic (exact) mass is 216 g/mol. The maximum Gasteiger partial charge on any atom is 0.387 e. The van der Waals surface area contributed by atoms with Crippen molar-refractivity contribution in [2.75, 3.05) is 0 Å². The van der Waals surface area contributed by atoms with Gasteiger partial charge in [0.2, 0.25) is 0 Å². The Balaban J connectivity index is 4.72. The summed E-state index contributed by atoms with van der Waals surface area (Å²) >= 11 is 0. The standard InChI is InChI=1S/C12H18F2O/c1-5-7-11(15-12(13)14)10(6-2)8-9(3)4/h5-7,9,12H,1,8H2,2-4H3/b10-6-,11-7+. The van der Waals surface area contributed by atoms with Crippen LogP contribution >= 0.6 is 0 Å². The zero-order chi connectivity index (χ0) is 11.8. The molecule has 0 saturated heterocycles. The van der Waals surface area contributed by atoms with Crippen LogP contribution in [0.1, 0.15) is 27.2 Å². The average Bonchev–Trinajstić information content (AvgIpc) is 2.12. The number of ether oxygens (including phenoxy) is 1. The molecule has 0 aliphatic heterocycles. The average molecular weight is 216 g/mol. The summed E-state index contributed by atoms with van der Waals surface area (Å²) in [5.41, 5.74) is 0.783. The van der Waals surface area contributed by atoms with E-state index in [-0.39, 0.29) is 5.76 Å². The van der Waals surface area contributed by atoms with Gasteiger partial charge in [-0.3, -0.25) is 0 Å². The van der Waals surface area contributed by atoms with Crippen molar-refractivity contribution in [3.63, 3.8) is 0 Å². The molecule has 0 radical (unpaired) electrons. The minimum Gasteiger partial charge on any atom is -0.435 e. The Morgan fingerprint density at radius 1 is 1.40 bits per heavy atom. The molecule has 0 heterocycles. The molecular formula is C12H18F2O. The van der Waals surface area contributed by atoms with E-state index >= 15 is 0 Å². The first-order valence-electron chi connectivity index (χ1n) is 4.94. The Hall–Kier alpha value is -1.12. The lowest BCUT2D eigenvalue weighted by atomic mass is 10.0. The molecule has 0 aliphatic rings. The number of hydrogen-bond donors (Lipinski definition) is 0. The second-order valence-corrected chi connectivity index (χ2v) is 3.56. The van der Waals surface area contributed by atoms with Crippen LogP contribution < -0.4 is 0 Å². The van der Waals surface area contributed by atoms with E-state index in [4.69, 9.17) is 0 Å². The van der Waals surface area contributed by atoms with Crippen LogP contribution in [0, 0.1) is 5.92 Å². The zero-order valence-corrected chi connectivity index (χ0v) is 9.47. The summed E-state index contributed by atoms with van der Waals surface area (Å²) in [7, 11) is 0. The van der Waals surface area contributed by atoms with E-state index in [2.05, 4.69) is 11.3 Å². The number of rotatable bonds is 6. The van der Waals surface area contributed by atoms with Crippen molar-refractivity contribution in [2.45, 2.75) is 33.8 Å². The molecule has 0 unspecified atom stereocenters. The van der Waals surface area contributed by atoms with Crippen molar-refractivity contribution >= 4 is 0 Å². The Morgan fingerprint density at radius 3 is 2.33 bits per heavy atom. The fraction of sp³-hybridized carbons (Fsp3) is 0.500. The molecule has 0 atom stereocenters. The van der Waals surface area contributed by atoms with Gasteiger partial charge < -0.3 is 4.74 Å². The molecule has 0 aromatic carbocycles. The highest BCUT2D eigenvalue weighted by molar-refractivity contribution is 5.28. The number of allylic oxidation sites excluding steroid dienone is 4. The Morgan fingerprint density at radius 2 is 2.00 bits per heavy atom. The van der Waals surface area contributed by atoms with E-state index in [0.717, 1.165) is 5.57 Å². The quantitative estimate of drug-likeness (QED) is 0.475. The van der Waals surface area contributed by atoms with Crippen molar-refractivity contribution in [1.82, 2.24) is 0 Å². The third-order valence-corrected chi connectivity index (χ3v) is 1.78. The summed E-state index contributed by atoms with van der Waals surface area (Å²) < 4.78 is 28.7. The molecule has 0 saturated carbocycles. The van der Waals surface area contributed by atoms with Gasteiger partial charge in [0.05, 0.1) is 0 Å². The molecule has 0 aliphatic carbocycles. The molecule has 0 aromatic rings. The first kappa shape index (κ1) is 13.9. The normalized spacial score (nSPS) is 13.5. The molecule has 0 N–H and O–H groups in total. The van der Waals surface area contributed by atoms with Crippen molar-refractivity contribution in [3.05, 3.63) is 36.1 Å². The maximum absolute atomic E-state index is 12.1. The van der Waals surface area contributed by atoms with E-state index in [1.807, 2.05) is 20.8 Å². The lowest BCUT2D eigenvalue weighted by Crippen LogP contribution is -2.04. The van der Waals surface area contributed by atoms with Crippen LogP contribution in [-0.2, 0) is 4.74 Å². The van der Waals surface area contributed by atoms with Crippen LogP contribution in [0.3, 0.4) is 0 Å². The Bertz CT molecular complexity index is 252. The smallest absolute Gasteiger partial charge is 0.387 e. The number of alkyl halides is 2. The Labute approximate surface area is 90.1 Å². The van der Waals surface area contributed by atoms with E-state index in [1.165, 1.54) is 12.2 Å². The van der Waals surface area contributed by atoms with Crippen LogP contribution in [0.5, 0.6) is 0 Å². The van der Waals surface area contributed by atoms with Crippen molar-refractivity contribution in [3.8, 4) is 0 Å². The summed E-state index contributed by atoms with van der Waals surface area (Å²) in [4.78, 5) is 0. The zero-order valence-electron chi connectivity index (χ0n) is 9.47. The molecule has 0 aromatic heterocycles. The topological polar surface area (TPSA) is 9.23 Å². The summed E-state index contributed by atoms with van der Waals surface area (Å²) in [6, 6.07) is 0. The lowest BCUT2D eigenvalue weighted by molar-refractivity contribution is -0.0937. The van der Waals surface area contributed by atoms with E-state index in [1.54, 1.807) is 6.08 Å². The third-order valence-electron chi connectivity index (χ3n) is 1.78. The van der Waals surface area contributed by atoms with Crippen LogP contribution in [0.4, 0.5) is 8.78 Å². The minimum atomic E-state index is -2.79. The fourth-order valence-electron chi connectivity index (χ4n) is 1.23. The van der Waals surface area contributed by atoms with Crippen LogP contribution in [-0.4, -0.2) is 6.61 Å². The first-order valence-corrected chi connectivity index (χ1v) is 4.94. The molecule has 86 valence electrons. The van der Waals surface area contributed by atoms with Crippen molar-refractivity contribution < 1.29 is 13.5 Å². The highest BCUT2D eigenvalue weighted by Gasteiger charge is 2.12. The van der Waals surface area contributed by atoms with Gasteiger partial charge >= 0.3 is 6.61 Å². The number of halogens is 2. The molecule has 15 heavy (non-hydrogen) atoms. The molecule has 0 bridgehead atoms. The number of hydrogen-bond acceptors (Lipinski definition) is 1. The minimum absolute atomic E-state index is 0.205. The maximum atomic E-state index is 12.1. The van der Waals surface area contributed by atoms with Gasteiger partial charge in [-0.15, -0.1) is 0 Å². The van der Waals surface area contributed by atoms with Gasteiger partial charge in [-0.05, 0) is 30.9 Å². The molecule has 0 spiro atoms. The predicted octanol–water partition coefficient (Wildman–Crippen LogP) is 4.29. The van der Waals surface area contributed by atoms with Gasteiger partial charge in [-0.25, -0.2) is 0 Å². The predicted molar refractivity (Wildman–Crippen MR) is 58.6 cm³/mol. The molecule has 0 amide bonds. The third kappa shape index (κ3) is 6.05. The largest absolute Gasteiger partial charge is 0.435 e. The van der Waals surface area contributed by atoms with E-state index < -0.39 is 6.61 Å². The molecule has 3 heteroatoms. The van der Waals surface area contributed by atoms with Gasteiger partial charge in [0, 0.05) is 0 Å². The van der Waals surface area contributed by atoms with E-state index in [0.29, 0.717) is 12.3 Å².